The number of hydrogen-bond donors (Lipinski definition) is 2. The van der Waals surface area contributed by atoms with Gasteiger partial charge in [-0.15, -0.1) is 11.3 Å². The molecule has 2 heterocycles. The molecule has 4 rings (SSSR count). The van der Waals surface area contributed by atoms with Crippen LogP contribution in [0.3, 0.4) is 0 Å². The summed E-state index contributed by atoms with van der Waals surface area (Å²) in [5.41, 5.74) is 3.47. The van der Waals surface area contributed by atoms with E-state index in [1.807, 2.05) is 0 Å². The lowest BCUT2D eigenvalue weighted by molar-refractivity contribution is -0.701. The third-order valence-corrected chi connectivity index (χ3v) is 5.94. The van der Waals surface area contributed by atoms with Gasteiger partial charge in [0.2, 0.25) is 0 Å². The highest BCUT2D eigenvalue weighted by Gasteiger charge is 2.19. The summed E-state index contributed by atoms with van der Waals surface area (Å²) in [7, 11) is 0. The Bertz CT molecular complexity index is 1130. The van der Waals surface area contributed by atoms with E-state index in [0.29, 0.717) is 12.1 Å². The molecule has 0 amide bonds. The Hall–Kier alpha value is -2.89. The molecule has 4 aromatic rings. The monoisotopic (exact) mass is 392 g/mol. The van der Waals surface area contributed by atoms with Crippen LogP contribution < -0.4 is 10.9 Å². The fourth-order valence-electron chi connectivity index (χ4n) is 3.48. The lowest BCUT2D eigenvalue weighted by atomic mass is 10.0. The Morgan fingerprint density at radius 2 is 1.93 bits per heavy atom. The molecule has 0 saturated heterocycles. The number of benzene rings is 2. The number of aryl methyl sites for hydroxylation is 1. The Morgan fingerprint density at radius 3 is 2.64 bits per heavy atom. The van der Waals surface area contributed by atoms with Gasteiger partial charge in [-0.3, -0.25) is 0 Å². The number of phenolic OH excluding ortho intramolecular Hbond substituents is 1. The molecule has 0 spiro atoms. The largest absolute Gasteiger partial charge is 0.508 e. The van der Waals surface area contributed by atoms with E-state index in [-0.39, 0.29) is 11.8 Å². The minimum atomic E-state index is -0.401. The second kappa shape index (κ2) is 8.00. The predicted molar refractivity (Wildman–Crippen MR) is 112 cm³/mol. The standard InChI is InChI=1S/C23H21NO3S/c1-2-15-5-7-16(8-6-15)23(21-4-3-11-28-21)24-14-17-12-22(26)27-20-13-18(25)9-10-19(17)20/h3-13,23-25H,2,14H2,1H3/p+1/t23-/m1/s1. The van der Waals surface area contributed by atoms with Crippen molar-refractivity contribution in [2.45, 2.75) is 25.9 Å². The van der Waals surface area contributed by atoms with E-state index in [0.717, 1.165) is 17.4 Å². The molecule has 1 atom stereocenters. The van der Waals surface area contributed by atoms with Gasteiger partial charge in [0.25, 0.3) is 0 Å². The van der Waals surface area contributed by atoms with Crippen molar-refractivity contribution in [1.29, 1.82) is 0 Å². The van der Waals surface area contributed by atoms with Crippen LogP contribution in [0, 0.1) is 0 Å². The molecule has 5 heteroatoms. The van der Waals surface area contributed by atoms with Gasteiger partial charge in [-0.05, 0) is 35.6 Å². The van der Waals surface area contributed by atoms with Crippen LogP contribution in [0.25, 0.3) is 11.0 Å². The number of fused-ring (bicyclic) bond motifs is 1. The fourth-order valence-corrected chi connectivity index (χ4v) is 4.33. The number of phenols is 1. The molecule has 0 aliphatic heterocycles. The first-order valence-corrected chi connectivity index (χ1v) is 10.2. The van der Waals surface area contributed by atoms with Crippen molar-refractivity contribution in [2.24, 2.45) is 0 Å². The van der Waals surface area contributed by atoms with Gasteiger partial charge in [0.15, 0.2) is 0 Å². The molecule has 0 aliphatic rings. The second-order valence-electron chi connectivity index (χ2n) is 6.80. The van der Waals surface area contributed by atoms with Crippen LogP contribution >= 0.6 is 11.3 Å². The topological polar surface area (TPSA) is 67.0 Å². The number of thiophene rings is 1. The fraction of sp³-hybridized carbons (Fsp3) is 0.174. The van der Waals surface area contributed by atoms with Gasteiger partial charge in [0, 0.05) is 28.6 Å². The number of hydrogen-bond acceptors (Lipinski definition) is 4. The highest BCUT2D eigenvalue weighted by atomic mass is 32.1. The van der Waals surface area contributed by atoms with Gasteiger partial charge in [-0.25, -0.2) is 4.79 Å². The molecule has 0 unspecified atom stereocenters. The Labute approximate surface area is 167 Å². The number of aromatic hydroxyl groups is 1. The van der Waals surface area contributed by atoms with E-state index in [1.165, 1.54) is 22.1 Å². The Kier molecular flexibility index (Phi) is 5.28. The van der Waals surface area contributed by atoms with Crippen molar-refractivity contribution in [2.75, 3.05) is 0 Å². The van der Waals surface area contributed by atoms with Gasteiger partial charge in [0.05, 0.1) is 4.88 Å². The Morgan fingerprint density at radius 1 is 1.11 bits per heavy atom. The lowest BCUT2D eigenvalue weighted by Gasteiger charge is -2.16. The Balaban J connectivity index is 1.67. The molecule has 142 valence electrons. The first-order chi connectivity index (χ1) is 13.6. The van der Waals surface area contributed by atoms with E-state index < -0.39 is 5.63 Å². The SMILES string of the molecule is CCc1ccc([C@@H]([NH2+]Cc2cc(=O)oc3cc(O)ccc23)c2cccs2)cc1. The average molecular weight is 393 g/mol. The van der Waals surface area contributed by atoms with Crippen LogP contribution in [0.1, 0.15) is 34.5 Å². The molecule has 2 aromatic carbocycles. The van der Waals surface area contributed by atoms with Crippen LogP contribution in [0.4, 0.5) is 0 Å². The van der Waals surface area contributed by atoms with Crippen LogP contribution in [-0.4, -0.2) is 5.11 Å². The van der Waals surface area contributed by atoms with E-state index in [1.54, 1.807) is 29.5 Å². The molecule has 3 N–H and O–H groups in total. The van der Waals surface area contributed by atoms with Gasteiger partial charge in [-0.2, -0.15) is 0 Å². The maximum Gasteiger partial charge on any atom is 0.336 e. The second-order valence-corrected chi connectivity index (χ2v) is 7.78. The quantitative estimate of drug-likeness (QED) is 0.488. The van der Waals surface area contributed by atoms with Crippen molar-refractivity contribution < 1.29 is 14.8 Å². The smallest absolute Gasteiger partial charge is 0.336 e. The minimum Gasteiger partial charge on any atom is -0.508 e. The maximum atomic E-state index is 12.0. The predicted octanol–water partition coefficient (Wildman–Crippen LogP) is 3.98. The zero-order valence-corrected chi connectivity index (χ0v) is 16.4. The first kappa shape index (κ1) is 18.5. The van der Waals surface area contributed by atoms with Crippen molar-refractivity contribution in [3.63, 3.8) is 0 Å². The van der Waals surface area contributed by atoms with Crippen molar-refractivity contribution in [1.82, 2.24) is 0 Å². The highest BCUT2D eigenvalue weighted by molar-refractivity contribution is 7.10. The van der Waals surface area contributed by atoms with Crippen LogP contribution in [0.5, 0.6) is 5.75 Å². The van der Waals surface area contributed by atoms with E-state index in [2.05, 4.69) is 54.0 Å². The zero-order valence-electron chi connectivity index (χ0n) is 15.6. The molecular weight excluding hydrogens is 370 g/mol. The van der Waals surface area contributed by atoms with Crippen molar-refractivity contribution >= 4 is 22.3 Å². The summed E-state index contributed by atoms with van der Waals surface area (Å²) in [5.74, 6) is 0.0873. The zero-order chi connectivity index (χ0) is 19.5. The minimum absolute atomic E-state index is 0.0873. The maximum absolute atomic E-state index is 12.0. The summed E-state index contributed by atoms with van der Waals surface area (Å²) in [5, 5.41) is 14.9. The normalized spacial score (nSPS) is 12.3. The van der Waals surface area contributed by atoms with Gasteiger partial charge in [0.1, 0.15) is 23.9 Å². The lowest BCUT2D eigenvalue weighted by Crippen LogP contribution is -2.83. The molecule has 0 radical (unpaired) electrons. The van der Waals surface area contributed by atoms with Gasteiger partial charge >= 0.3 is 5.63 Å². The molecule has 4 nitrogen and oxygen atoms in total. The van der Waals surface area contributed by atoms with Gasteiger partial charge < -0.3 is 14.8 Å². The first-order valence-electron chi connectivity index (χ1n) is 9.35. The van der Waals surface area contributed by atoms with Crippen LogP contribution in [0.15, 0.2) is 75.3 Å². The van der Waals surface area contributed by atoms with E-state index in [9.17, 15) is 9.90 Å². The summed E-state index contributed by atoms with van der Waals surface area (Å²) in [6, 6.07) is 19.6. The molecule has 0 fully saturated rings. The van der Waals surface area contributed by atoms with Crippen molar-refractivity contribution in [3.8, 4) is 5.75 Å². The molecule has 0 bridgehead atoms. The van der Waals surface area contributed by atoms with Crippen molar-refractivity contribution in [3.05, 3.63) is 98.0 Å². The average Bonchev–Trinajstić information content (AvgIpc) is 3.22. The molecule has 0 saturated carbocycles. The van der Waals surface area contributed by atoms with E-state index in [4.69, 9.17) is 4.42 Å². The summed E-state index contributed by atoms with van der Waals surface area (Å²) in [4.78, 5) is 13.2. The van der Waals surface area contributed by atoms with E-state index >= 15 is 0 Å². The highest BCUT2D eigenvalue weighted by Crippen LogP contribution is 2.25. The summed E-state index contributed by atoms with van der Waals surface area (Å²) in [6.07, 6.45) is 1.02. The summed E-state index contributed by atoms with van der Waals surface area (Å²) in [6.45, 7) is 2.78. The van der Waals surface area contributed by atoms with Crippen LogP contribution in [0.2, 0.25) is 0 Å². The molecule has 2 aromatic heterocycles. The number of rotatable bonds is 6. The summed E-state index contributed by atoms with van der Waals surface area (Å²) < 4.78 is 5.24. The molecule has 0 aliphatic carbocycles. The summed E-state index contributed by atoms with van der Waals surface area (Å²) >= 11 is 1.74. The number of quaternary nitrogens is 1. The molecule has 28 heavy (non-hydrogen) atoms. The third-order valence-electron chi connectivity index (χ3n) is 4.98. The van der Waals surface area contributed by atoms with Gasteiger partial charge in [-0.1, -0.05) is 37.3 Å². The third kappa shape index (κ3) is 3.86. The number of nitrogens with two attached hydrogens (primary N) is 1. The molecular formula is C23H22NO3S+. The van der Waals surface area contributed by atoms with Crippen LogP contribution in [-0.2, 0) is 13.0 Å².